The van der Waals surface area contributed by atoms with E-state index in [1.54, 1.807) is 54.6 Å². The summed E-state index contributed by atoms with van der Waals surface area (Å²) in [4.78, 5) is 38.2. The van der Waals surface area contributed by atoms with Crippen molar-refractivity contribution >= 4 is 46.6 Å². The number of carbonyl (C=O) groups excluding carboxylic acids is 2. The molecule has 0 bridgehead atoms. The SMILES string of the molecule is COC(=O)[C@H](C)N(C(=O)[C@H](CC(=O)O)NC(=S)Nc1ccc(C#N)cc1)c1ccccc1. The Bertz CT molecular complexity index is 1020. The van der Waals surface area contributed by atoms with Crippen molar-refractivity contribution in [2.24, 2.45) is 0 Å². The summed E-state index contributed by atoms with van der Waals surface area (Å²) < 4.78 is 4.77. The van der Waals surface area contributed by atoms with E-state index >= 15 is 0 Å². The van der Waals surface area contributed by atoms with Crippen LogP contribution < -0.4 is 15.5 Å². The van der Waals surface area contributed by atoms with Crippen LogP contribution >= 0.6 is 12.2 Å². The second kappa shape index (κ2) is 11.4. The molecule has 2 aromatic carbocycles. The van der Waals surface area contributed by atoms with Crippen LogP contribution in [-0.4, -0.2) is 47.3 Å². The number of thiocarbonyl (C=S) groups is 1. The second-order valence-electron chi connectivity index (χ2n) is 6.68. The number of ether oxygens (including phenoxy) is 1. The number of para-hydroxylation sites is 1. The predicted molar refractivity (Wildman–Crippen MR) is 122 cm³/mol. The first kappa shape index (κ1) is 24.3. The van der Waals surface area contributed by atoms with Gasteiger partial charge in [-0.1, -0.05) is 18.2 Å². The lowest BCUT2D eigenvalue weighted by Crippen LogP contribution is -2.54. The van der Waals surface area contributed by atoms with Gasteiger partial charge in [-0.2, -0.15) is 5.26 Å². The number of carboxylic acids is 1. The van der Waals surface area contributed by atoms with Gasteiger partial charge < -0.3 is 20.5 Å². The quantitative estimate of drug-likeness (QED) is 0.406. The molecule has 2 atom stereocenters. The highest BCUT2D eigenvalue weighted by Crippen LogP contribution is 2.20. The van der Waals surface area contributed by atoms with Gasteiger partial charge in [0, 0.05) is 11.4 Å². The molecule has 2 rings (SSSR count). The summed E-state index contributed by atoms with van der Waals surface area (Å²) in [5, 5.41) is 23.8. The number of anilines is 2. The largest absolute Gasteiger partial charge is 0.481 e. The fraction of sp³-hybridized carbons (Fsp3) is 0.227. The Balaban J connectivity index is 2.28. The van der Waals surface area contributed by atoms with Crippen LogP contribution in [0.5, 0.6) is 0 Å². The number of hydrogen-bond acceptors (Lipinski definition) is 6. The van der Waals surface area contributed by atoms with Gasteiger partial charge in [0.15, 0.2) is 5.11 Å². The van der Waals surface area contributed by atoms with Gasteiger partial charge in [0.25, 0.3) is 5.91 Å². The van der Waals surface area contributed by atoms with Crippen LogP contribution in [0.15, 0.2) is 54.6 Å². The number of nitrogens with one attached hydrogen (secondary N) is 2. The number of hydrogen-bond donors (Lipinski definition) is 3. The summed E-state index contributed by atoms with van der Waals surface area (Å²) in [6.45, 7) is 1.49. The molecule has 3 N–H and O–H groups in total. The van der Waals surface area contributed by atoms with E-state index in [1.165, 1.54) is 18.9 Å². The molecule has 9 nitrogen and oxygen atoms in total. The summed E-state index contributed by atoms with van der Waals surface area (Å²) in [5.74, 6) is -2.55. The Morgan fingerprint density at radius 1 is 1.16 bits per heavy atom. The Morgan fingerprint density at radius 2 is 1.78 bits per heavy atom. The summed E-state index contributed by atoms with van der Waals surface area (Å²) >= 11 is 5.25. The van der Waals surface area contributed by atoms with Crippen molar-refractivity contribution in [3.8, 4) is 6.07 Å². The van der Waals surface area contributed by atoms with Crippen molar-refractivity contribution in [1.29, 1.82) is 5.26 Å². The summed E-state index contributed by atoms with van der Waals surface area (Å²) in [6.07, 6.45) is -0.578. The third-order valence-corrected chi connectivity index (χ3v) is 4.68. The van der Waals surface area contributed by atoms with E-state index in [1.807, 2.05) is 6.07 Å². The normalized spacial score (nSPS) is 11.9. The van der Waals surface area contributed by atoms with Gasteiger partial charge in [0.1, 0.15) is 12.1 Å². The van der Waals surface area contributed by atoms with E-state index in [0.29, 0.717) is 16.9 Å². The van der Waals surface area contributed by atoms with Crippen LogP contribution in [-0.2, 0) is 19.1 Å². The van der Waals surface area contributed by atoms with Crippen molar-refractivity contribution in [3.63, 3.8) is 0 Å². The van der Waals surface area contributed by atoms with Crippen LogP contribution in [0.3, 0.4) is 0 Å². The molecule has 0 heterocycles. The minimum absolute atomic E-state index is 0.00744. The topological polar surface area (TPSA) is 132 Å². The van der Waals surface area contributed by atoms with Gasteiger partial charge in [-0.3, -0.25) is 14.5 Å². The van der Waals surface area contributed by atoms with E-state index in [0.717, 1.165) is 0 Å². The number of rotatable bonds is 8. The minimum Gasteiger partial charge on any atom is -0.481 e. The minimum atomic E-state index is -1.27. The van der Waals surface area contributed by atoms with E-state index in [9.17, 15) is 19.5 Å². The highest BCUT2D eigenvalue weighted by molar-refractivity contribution is 7.80. The second-order valence-corrected chi connectivity index (χ2v) is 7.09. The molecule has 0 saturated carbocycles. The number of esters is 1. The Hall–Kier alpha value is -3.97. The van der Waals surface area contributed by atoms with Crippen molar-refractivity contribution in [2.45, 2.75) is 25.4 Å². The van der Waals surface area contributed by atoms with Crippen molar-refractivity contribution in [3.05, 3.63) is 60.2 Å². The van der Waals surface area contributed by atoms with Crippen molar-refractivity contribution in [2.75, 3.05) is 17.3 Å². The molecule has 0 aromatic heterocycles. The van der Waals surface area contributed by atoms with Crippen LogP contribution in [0.4, 0.5) is 11.4 Å². The highest BCUT2D eigenvalue weighted by Gasteiger charge is 2.34. The Kier molecular flexibility index (Phi) is 8.68. The molecule has 1 amide bonds. The molecule has 0 saturated heterocycles. The maximum Gasteiger partial charge on any atom is 0.328 e. The Morgan fingerprint density at radius 3 is 2.31 bits per heavy atom. The molecule has 0 unspecified atom stereocenters. The van der Waals surface area contributed by atoms with Crippen molar-refractivity contribution in [1.82, 2.24) is 5.32 Å². The van der Waals surface area contributed by atoms with Crippen molar-refractivity contribution < 1.29 is 24.2 Å². The molecular formula is C22H22N4O5S. The molecule has 166 valence electrons. The molecule has 0 radical (unpaired) electrons. The molecule has 0 spiro atoms. The zero-order chi connectivity index (χ0) is 23.7. The molecule has 0 fully saturated rings. The number of carboxylic acid groups (broad SMARTS) is 1. The number of amides is 1. The molecule has 10 heteroatoms. The lowest BCUT2D eigenvalue weighted by molar-refractivity contribution is -0.143. The fourth-order valence-corrected chi connectivity index (χ4v) is 3.16. The van der Waals surface area contributed by atoms with E-state index in [2.05, 4.69) is 10.6 Å². The highest BCUT2D eigenvalue weighted by atomic mass is 32.1. The number of nitrogens with zero attached hydrogens (tertiary/aromatic N) is 2. The van der Waals surface area contributed by atoms with Gasteiger partial charge >= 0.3 is 11.9 Å². The first-order valence-corrected chi connectivity index (χ1v) is 9.93. The summed E-state index contributed by atoms with van der Waals surface area (Å²) in [6, 6.07) is 14.5. The number of nitriles is 1. The third-order valence-electron chi connectivity index (χ3n) is 4.46. The van der Waals surface area contributed by atoms with Crippen LogP contribution in [0.25, 0.3) is 0 Å². The maximum absolute atomic E-state index is 13.4. The zero-order valence-corrected chi connectivity index (χ0v) is 18.3. The Labute approximate surface area is 190 Å². The van der Waals surface area contributed by atoms with Gasteiger partial charge in [0.2, 0.25) is 0 Å². The van der Waals surface area contributed by atoms with Gasteiger partial charge in [-0.15, -0.1) is 0 Å². The van der Waals surface area contributed by atoms with E-state index < -0.39 is 36.4 Å². The monoisotopic (exact) mass is 454 g/mol. The van der Waals surface area contributed by atoms with Gasteiger partial charge in [0.05, 0.1) is 25.2 Å². The van der Waals surface area contributed by atoms with E-state index in [-0.39, 0.29) is 5.11 Å². The molecule has 0 aliphatic heterocycles. The smallest absolute Gasteiger partial charge is 0.328 e. The van der Waals surface area contributed by atoms with Crippen LogP contribution in [0.1, 0.15) is 18.9 Å². The van der Waals surface area contributed by atoms with Gasteiger partial charge in [-0.05, 0) is 55.5 Å². The first-order chi connectivity index (χ1) is 15.3. The third kappa shape index (κ3) is 6.52. The average Bonchev–Trinajstić information content (AvgIpc) is 2.79. The van der Waals surface area contributed by atoms with Gasteiger partial charge in [-0.25, -0.2) is 4.79 Å². The number of aliphatic carboxylic acids is 1. The maximum atomic E-state index is 13.4. The first-order valence-electron chi connectivity index (χ1n) is 9.52. The zero-order valence-electron chi connectivity index (χ0n) is 17.4. The molecule has 0 aliphatic carbocycles. The predicted octanol–water partition coefficient (Wildman–Crippen LogP) is 2.28. The summed E-state index contributed by atoms with van der Waals surface area (Å²) in [7, 11) is 1.20. The number of methoxy groups -OCH3 is 1. The molecule has 0 aliphatic rings. The number of carbonyl (C=O) groups is 3. The van der Waals surface area contributed by atoms with Crippen LogP contribution in [0, 0.1) is 11.3 Å². The number of benzene rings is 2. The van der Waals surface area contributed by atoms with E-state index in [4.69, 9.17) is 22.2 Å². The fourth-order valence-electron chi connectivity index (χ4n) is 2.90. The van der Waals surface area contributed by atoms with Crippen LogP contribution in [0.2, 0.25) is 0 Å². The standard InChI is InChI=1S/C22H22N4O5S/c1-14(21(30)31-2)26(17-6-4-3-5-7-17)20(29)18(12-19(27)28)25-22(32)24-16-10-8-15(13-23)9-11-16/h3-11,14,18H,12H2,1-2H3,(H,27,28)(H2,24,25,32)/t14-,18-/m0/s1. The average molecular weight is 455 g/mol. The lowest BCUT2D eigenvalue weighted by atomic mass is 10.1. The lowest BCUT2D eigenvalue weighted by Gasteiger charge is -2.31. The summed E-state index contributed by atoms with van der Waals surface area (Å²) in [5.41, 5.74) is 1.41. The molecule has 2 aromatic rings. The molecular weight excluding hydrogens is 432 g/mol. The molecule has 32 heavy (non-hydrogen) atoms.